The van der Waals surface area contributed by atoms with Gasteiger partial charge in [-0.25, -0.2) is 5.09 Å². The van der Waals surface area contributed by atoms with Crippen molar-refractivity contribution in [1.82, 2.24) is 5.09 Å². The third kappa shape index (κ3) is 4.64. The minimum Gasteiger partial charge on any atom is -0.296 e. The van der Waals surface area contributed by atoms with Crippen LogP contribution >= 0.6 is 18.9 Å². The van der Waals surface area contributed by atoms with Gasteiger partial charge in [0.1, 0.15) is 6.04 Å². The van der Waals surface area contributed by atoms with E-state index in [4.69, 9.17) is 11.6 Å². The molecule has 0 radical (unpaired) electrons. The van der Waals surface area contributed by atoms with Gasteiger partial charge in [-0.2, -0.15) is 0 Å². The van der Waals surface area contributed by atoms with E-state index in [2.05, 4.69) is 5.09 Å². The zero-order valence-electron chi connectivity index (χ0n) is 14.4. The fraction of sp³-hybridized carbons (Fsp3) is 0.100. The van der Waals surface area contributed by atoms with Gasteiger partial charge in [-0.05, 0) is 42.0 Å². The maximum Gasteiger partial charge on any atom is 0.223 e. The molecule has 0 aromatic heterocycles. The predicted molar refractivity (Wildman–Crippen MR) is 109 cm³/mol. The summed E-state index contributed by atoms with van der Waals surface area (Å²) in [6.45, 7) is -0.398. The highest BCUT2D eigenvalue weighted by Crippen LogP contribution is 2.41. The number of nitrogens with one attached hydrogen (secondary N) is 1. The molecular weight excluding hydrogens is 383 g/mol. The Morgan fingerprint density at radius 1 is 0.889 bits per heavy atom. The standard InChI is InChI=1S/C20H18ClN2O3P/c21-17-13-11-16(12-14-17)20(15-23(24)25)22-27(26,18-7-3-1-4-8-18)19-9-5-2-6-10-19/h1-14,20H,15H2,(H,22,26)/t20-/m1/s1. The molecule has 0 saturated carbocycles. The first kappa shape index (κ1) is 19.3. The van der Waals surface area contributed by atoms with Gasteiger partial charge in [0, 0.05) is 20.6 Å². The molecule has 0 amide bonds. The molecule has 0 aliphatic heterocycles. The maximum absolute atomic E-state index is 14.1. The van der Waals surface area contributed by atoms with Crippen molar-refractivity contribution in [3.63, 3.8) is 0 Å². The van der Waals surface area contributed by atoms with Crippen molar-refractivity contribution in [3.05, 3.63) is 106 Å². The van der Waals surface area contributed by atoms with Crippen molar-refractivity contribution in [2.75, 3.05) is 6.54 Å². The van der Waals surface area contributed by atoms with Gasteiger partial charge in [-0.15, -0.1) is 0 Å². The molecule has 3 rings (SSSR count). The number of benzene rings is 3. The van der Waals surface area contributed by atoms with Crippen molar-refractivity contribution >= 4 is 29.5 Å². The second-order valence-corrected chi connectivity index (χ2v) is 8.97. The van der Waals surface area contributed by atoms with E-state index in [0.717, 1.165) is 0 Å². The minimum absolute atomic E-state index is 0.398. The van der Waals surface area contributed by atoms with Crippen LogP contribution in [-0.2, 0) is 4.57 Å². The fourth-order valence-corrected chi connectivity index (χ4v) is 5.43. The van der Waals surface area contributed by atoms with E-state index in [0.29, 0.717) is 21.2 Å². The number of hydrogen-bond donors (Lipinski definition) is 1. The Balaban J connectivity index is 2.07. The van der Waals surface area contributed by atoms with Crippen LogP contribution in [0.5, 0.6) is 0 Å². The predicted octanol–water partition coefficient (Wildman–Crippen LogP) is 4.18. The lowest BCUT2D eigenvalue weighted by atomic mass is 10.1. The smallest absolute Gasteiger partial charge is 0.223 e. The number of hydrogen-bond acceptors (Lipinski definition) is 3. The fourth-order valence-electron chi connectivity index (χ4n) is 2.86. The molecule has 0 spiro atoms. The van der Waals surface area contributed by atoms with Gasteiger partial charge in [-0.1, -0.05) is 60.1 Å². The average molecular weight is 401 g/mol. The van der Waals surface area contributed by atoms with E-state index in [1.165, 1.54) is 0 Å². The van der Waals surface area contributed by atoms with Crippen LogP contribution in [0.1, 0.15) is 11.6 Å². The maximum atomic E-state index is 14.1. The Morgan fingerprint density at radius 3 is 1.81 bits per heavy atom. The number of nitro groups is 1. The second kappa shape index (κ2) is 8.49. The monoisotopic (exact) mass is 400 g/mol. The van der Waals surface area contributed by atoms with Gasteiger partial charge >= 0.3 is 0 Å². The molecule has 1 atom stereocenters. The average Bonchev–Trinajstić information content (AvgIpc) is 2.69. The third-order valence-corrected chi connectivity index (χ3v) is 7.16. The first-order valence-corrected chi connectivity index (χ1v) is 10.4. The first-order chi connectivity index (χ1) is 13.0. The molecule has 1 N–H and O–H groups in total. The molecule has 0 bridgehead atoms. The summed E-state index contributed by atoms with van der Waals surface area (Å²) in [5.74, 6) is 0. The minimum atomic E-state index is -3.30. The Bertz CT molecular complexity index is 906. The number of halogens is 1. The van der Waals surface area contributed by atoms with Gasteiger partial charge in [0.15, 0.2) is 0 Å². The van der Waals surface area contributed by atoms with Crippen molar-refractivity contribution in [3.8, 4) is 0 Å². The highest BCUT2D eigenvalue weighted by atomic mass is 35.5. The highest BCUT2D eigenvalue weighted by Gasteiger charge is 2.32. The molecule has 138 valence electrons. The molecule has 7 heteroatoms. The summed E-state index contributed by atoms with van der Waals surface area (Å²) in [4.78, 5) is 10.8. The molecule has 0 fully saturated rings. The van der Waals surface area contributed by atoms with E-state index in [1.54, 1.807) is 72.8 Å². The molecule has 3 aromatic carbocycles. The lowest BCUT2D eigenvalue weighted by Gasteiger charge is -2.25. The van der Waals surface area contributed by atoms with Gasteiger partial charge in [-0.3, -0.25) is 14.7 Å². The first-order valence-electron chi connectivity index (χ1n) is 8.35. The lowest BCUT2D eigenvalue weighted by molar-refractivity contribution is -0.483. The summed E-state index contributed by atoms with van der Waals surface area (Å²) < 4.78 is 14.1. The summed E-state index contributed by atoms with van der Waals surface area (Å²) in [6.07, 6.45) is 0. The SMILES string of the molecule is O=[N+]([O-])C[C@@H](NP(=O)(c1ccccc1)c1ccccc1)c1ccc(Cl)cc1. The molecule has 0 unspecified atom stereocenters. The van der Waals surface area contributed by atoms with Crippen LogP contribution < -0.4 is 15.7 Å². The highest BCUT2D eigenvalue weighted by molar-refractivity contribution is 7.76. The van der Waals surface area contributed by atoms with Gasteiger partial charge in [0.2, 0.25) is 13.8 Å². The van der Waals surface area contributed by atoms with Crippen LogP contribution in [0.15, 0.2) is 84.9 Å². The Kier molecular flexibility index (Phi) is 6.07. The van der Waals surface area contributed by atoms with Gasteiger partial charge < -0.3 is 0 Å². The van der Waals surface area contributed by atoms with Crippen LogP contribution in [0.3, 0.4) is 0 Å². The second-order valence-electron chi connectivity index (χ2n) is 6.03. The summed E-state index contributed by atoms with van der Waals surface area (Å²) in [6, 6.07) is 24.0. The van der Waals surface area contributed by atoms with E-state index < -0.39 is 24.8 Å². The summed E-state index contributed by atoms with van der Waals surface area (Å²) in [5, 5.41) is 16.1. The Hall–Kier alpha value is -2.46. The topological polar surface area (TPSA) is 72.2 Å². The quantitative estimate of drug-likeness (QED) is 0.367. The van der Waals surface area contributed by atoms with Gasteiger partial charge in [0.05, 0.1) is 0 Å². The van der Waals surface area contributed by atoms with Crippen molar-refractivity contribution in [1.29, 1.82) is 0 Å². The summed E-state index contributed by atoms with van der Waals surface area (Å²) >= 11 is 5.94. The van der Waals surface area contributed by atoms with E-state index in [9.17, 15) is 14.7 Å². The van der Waals surface area contributed by atoms with Crippen molar-refractivity contribution in [2.45, 2.75) is 6.04 Å². The van der Waals surface area contributed by atoms with E-state index >= 15 is 0 Å². The summed E-state index contributed by atoms with van der Waals surface area (Å²) in [5.41, 5.74) is 0.656. The third-order valence-electron chi connectivity index (χ3n) is 4.18. The van der Waals surface area contributed by atoms with Crippen LogP contribution in [0.2, 0.25) is 5.02 Å². The zero-order chi connectivity index (χ0) is 19.3. The number of rotatable bonds is 7. The van der Waals surface area contributed by atoms with E-state index in [-0.39, 0.29) is 0 Å². The van der Waals surface area contributed by atoms with Crippen molar-refractivity contribution < 1.29 is 9.49 Å². The van der Waals surface area contributed by atoms with Crippen molar-refractivity contribution in [2.24, 2.45) is 0 Å². The van der Waals surface area contributed by atoms with Crippen LogP contribution in [0, 0.1) is 10.1 Å². The number of nitrogens with zero attached hydrogens (tertiary/aromatic N) is 1. The van der Waals surface area contributed by atoms with Crippen LogP contribution in [-0.4, -0.2) is 11.5 Å². The Morgan fingerprint density at radius 2 is 1.37 bits per heavy atom. The molecule has 0 aliphatic carbocycles. The molecular formula is C20H18ClN2O3P. The molecule has 3 aromatic rings. The normalized spacial score (nSPS) is 12.5. The van der Waals surface area contributed by atoms with Crippen LogP contribution in [0.4, 0.5) is 0 Å². The molecule has 0 heterocycles. The van der Waals surface area contributed by atoms with Crippen LogP contribution in [0.25, 0.3) is 0 Å². The molecule has 0 saturated heterocycles. The molecule has 0 aliphatic rings. The van der Waals surface area contributed by atoms with Gasteiger partial charge in [0.25, 0.3) is 0 Å². The molecule has 27 heavy (non-hydrogen) atoms. The largest absolute Gasteiger partial charge is 0.296 e. The molecule has 5 nitrogen and oxygen atoms in total. The van der Waals surface area contributed by atoms with E-state index in [1.807, 2.05) is 12.1 Å². The summed E-state index contributed by atoms with van der Waals surface area (Å²) in [7, 11) is -3.30. The lowest BCUT2D eigenvalue weighted by Crippen LogP contribution is -2.33. The Labute approximate surface area is 162 Å². The zero-order valence-corrected chi connectivity index (χ0v) is 16.0.